The van der Waals surface area contributed by atoms with Gasteiger partial charge >= 0.3 is 0 Å². The average Bonchev–Trinajstić information content (AvgIpc) is 3.21. The molecule has 0 bridgehead atoms. The van der Waals surface area contributed by atoms with E-state index < -0.39 is 11.6 Å². The Hall–Kier alpha value is -2.07. The van der Waals surface area contributed by atoms with Gasteiger partial charge in [-0.25, -0.2) is 4.39 Å². The van der Waals surface area contributed by atoms with Crippen LogP contribution in [0.25, 0.3) is 16.0 Å². The molecule has 0 heterocycles. The molecule has 0 aromatic heterocycles. The molecule has 0 atom stereocenters. The molecular weight excluding hydrogens is 374 g/mol. The Kier molecular flexibility index (Phi) is 6.95. The van der Waals surface area contributed by atoms with E-state index in [4.69, 9.17) is 4.74 Å². The molecule has 0 N–H and O–H groups in total. The molecule has 1 aliphatic carbocycles. The van der Waals surface area contributed by atoms with Crippen LogP contribution in [0.3, 0.4) is 0 Å². The van der Waals surface area contributed by atoms with E-state index in [0.717, 1.165) is 28.2 Å². The number of ether oxygens (including phenoxy) is 1. The van der Waals surface area contributed by atoms with Crippen LogP contribution in [0.15, 0.2) is 54.0 Å². The highest BCUT2D eigenvalue weighted by Crippen LogP contribution is 2.35. The highest BCUT2D eigenvalue weighted by Gasteiger charge is 2.19. The van der Waals surface area contributed by atoms with Crippen molar-refractivity contribution in [2.24, 2.45) is 5.92 Å². The summed E-state index contributed by atoms with van der Waals surface area (Å²) in [6.07, 6.45) is 6.61. The number of allylic oxidation sites excluding steroid dienone is 2. The van der Waals surface area contributed by atoms with Gasteiger partial charge < -0.3 is 4.74 Å². The van der Waals surface area contributed by atoms with Crippen LogP contribution in [0, 0.1) is 17.6 Å². The largest absolute Gasteiger partial charge is 0.490 e. The van der Waals surface area contributed by atoms with Crippen LogP contribution in [0.5, 0.6) is 5.75 Å². The van der Waals surface area contributed by atoms with E-state index in [1.54, 1.807) is 17.8 Å². The van der Waals surface area contributed by atoms with Crippen molar-refractivity contribution in [2.45, 2.75) is 39.5 Å². The molecule has 1 saturated carbocycles. The maximum absolute atomic E-state index is 14.7. The third-order valence-electron chi connectivity index (χ3n) is 5.02. The van der Waals surface area contributed by atoms with Crippen LogP contribution >= 0.6 is 11.8 Å². The Morgan fingerprint density at radius 3 is 2.39 bits per heavy atom. The maximum Gasteiger partial charge on any atom is 0.201 e. The summed E-state index contributed by atoms with van der Waals surface area (Å²) >= 11 is 1.59. The second-order valence-electron chi connectivity index (χ2n) is 7.24. The summed E-state index contributed by atoms with van der Waals surface area (Å²) in [6, 6.07) is 10.6. The van der Waals surface area contributed by atoms with Gasteiger partial charge in [0.2, 0.25) is 5.82 Å². The van der Waals surface area contributed by atoms with Gasteiger partial charge in [-0.05, 0) is 60.8 Å². The molecule has 0 spiro atoms. The quantitative estimate of drug-likeness (QED) is 0.468. The highest BCUT2D eigenvalue weighted by atomic mass is 32.2. The smallest absolute Gasteiger partial charge is 0.201 e. The molecule has 2 aromatic carbocycles. The number of benzene rings is 2. The summed E-state index contributed by atoms with van der Waals surface area (Å²) in [5.41, 5.74) is 1.90. The van der Waals surface area contributed by atoms with E-state index in [9.17, 15) is 8.78 Å². The van der Waals surface area contributed by atoms with E-state index >= 15 is 0 Å². The van der Waals surface area contributed by atoms with Gasteiger partial charge in [0.1, 0.15) is 0 Å². The summed E-state index contributed by atoms with van der Waals surface area (Å²) in [5.74, 6) is -1.32. The van der Waals surface area contributed by atoms with Crippen molar-refractivity contribution in [3.05, 3.63) is 71.2 Å². The molecule has 0 saturated heterocycles. The third kappa shape index (κ3) is 4.85. The first kappa shape index (κ1) is 20.7. The summed E-state index contributed by atoms with van der Waals surface area (Å²) in [4.78, 5) is 2.08. The van der Waals surface area contributed by atoms with Crippen molar-refractivity contribution in [3.63, 3.8) is 0 Å². The topological polar surface area (TPSA) is 9.23 Å². The highest BCUT2D eigenvalue weighted by molar-refractivity contribution is 8.11. The van der Waals surface area contributed by atoms with Crippen molar-refractivity contribution < 1.29 is 13.5 Å². The van der Waals surface area contributed by atoms with Gasteiger partial charge in [0.05, 0.1) is 6.61 Å². The monoisotopic (exact) mass is 400 g/mol. The van der Waals surface area contributed by atoms with Crippen molar-refractivity contribution in [1.82, 2.24) is 0 Å². The Bertz CT molecular complexity index is 865. The number of halogens is 2. The fourth-order valence-electron chi connectivity index (χ4n) is 3.54. The average molecular weight is 401 g/mol. The molecule has 28 heavy (non-hydrogen) atoms. The van der Waals surface area contributed by atoms with E-state index in [-0.39, 0.29) is 11.3 Å². The first-order valence-electron chi connectivity index (χ1n) is 9.71. The van der Waals surface area contributed by atoms with Crippen LogP contribution in [0.2, 0.25) is 0 Å². The molecule has 1 aliphatic rings. The van der Waals surface area contributed by atoms with E-state index in [1.165, 1.54) is 18.9 Å². The zero-order chi connectivity index (χ0) is 20.1. The molecular formula is C24H26F2OS. The molecule has 4 heteroatoms. The lowest BCUT2D eigenvalue weighted by Crippen LogP contribution is -2.09. The lowest BCUT2D eigenvalue weighted by Gasteiger charge is -2.14. The van der Waals surface area contributed by atoms with Crippen molar-refractivity contribution >= 4 is 16.7 Å². The zero-order valence-corrected chi connectivity index (χ0v) is 17.3. The van der Waals surface area contributed by atoms with Crippen LogP contribution in [0.4, 0.5) is 8.78 Å². The Morgan fingerprint density at radius 2 is 1.79 bits per heavy atom. The van der Waals surface area contributed by atoms with E-state index in [1.807, 2.05) is 44.2 Å². The fraction of sp³-hybridized carbons (Fsp3) is 0.333. The van der Waals surface area contributed by atoms with Crippen LogP contribution in [0.1, 0.15) is 45.1 Å². The second-order valence-corrected chi connectivity index (χ2v) is 8.58. The SMILES string of the molecule is C=C(C)S/C(=C\C)c1ccc(-c2ccc(OCC3CCCC3)c(F)c2F)cc1. The van der Waals surface area contributed by atoms with E-state index in [0.29, 0.717) is 18.1 Å². The van der Waals surface area contributed by atoms with Crippen molar-refractivity contribution in [2.75, 3.05) is 6.61 Å². The molecule has 0 unspecified atom stereocenters. The lowest BCUT2D eigenvalue weighted by molar-refractivity contribution is 0.239. The normalized spacial score (nSPS) is 15.1. The first-order valence-corrected chi connectivity index (χ1v) is 10.5. The van der Waals surface area contributed by atoms with Gasteiger partial charge in [-0.1, -0.05) is 61.5 Å². The van der Waals surface area contributed by atoms with Gasteiger partial charge in [-0.15, -0.1) is 0 Å². The summed E-state index contributed by atoms with van der Waals surface area (Å²) < 4.78 is 34.7. The minimum atomic E-state index is -0.911. The summed E-state index contributed by atoms with van der Waals surface area (Å²) in [5, 5.41) is 0. The fourth-order valence-corrected chi connectivity index (χ4v) is 4.28. The number of rotatable bonds is 7. The molecule has 2 aromatic rings. The zero-order valence-electron chi connectivity index (χ0n) is 16.4. The minimum Gasteiger partial charge on any atom is -0.490 e. The lowest BCUT2D eigenvalue weighted by atomic mass is 10.0. The van der Waals surface area contributed by atoms with Crippen LogP contribution in [-0.4, -0.2) is 6.61 Å². The first-order chi connectivity index (χ1) is 13.5. The minimum absolute atomic E-state index is 0.00108. The number of hydrogen-bond acceptors (Lipinski definition) is 2. The molecule has 1 nitrogen and oxygen atoms in total. The van der Waals surface area contributed by atoms with Crippen LogP contribution < -0.4 is 4.74 Å². The molecule has 0 amide bonds. The predicted octanol–water partition coefficient (Wildman–Crippen LogP) is 7.83. The second kappa shape index (κ2) is 9.42. The van der Waals surface area contributed by atoms with Gasteiger partial charge in [0.25, 0.3) is 0 Å². The van der Waals surface area contributed by atoms with Gasteiger partial charge in [-0.3, -0.25) is 0 Å². The Balaban J connectivity index is 1.77. The predicted molar refractivity (Wildman–Crippen MR) is 115 cm³/mol. The standard InChI is InChI=1S/C24H26F2OS/c1-4-22(28-16(2)3)19-11-9-18(10-12-19)20-13-14-21(24(26)23(20)25)27-15-17-7-5-6-8-17/h4,9-14,17H,2,5-8,15H2,1,3H3/b22-4-. The number of hydrogen-bond donors (Lipinski definition) is 0. The number of thioether (sulfide) groups is 1. The van der Waals surface area contributed by atoms with E-state index in [2.05, 4.69) is 6.58 Å². The summed E-state index contributed by atoms with van der Waals surface area (Å²) in [7, 11) is 0. The Labute approximate surface area is 170 Å². The van der Waals surface area contributed by atoms with Gasteiger partial charge in [-0.2, -0.15) is 4.39 Å². The molecule has 3 rings (SSSR count). The molecule has 0 aliphatic heterocycles. The van der Waals surface area contributed by atoms with Gasteiger partial charge in [0, 0.05) is 10.5 Å². The van der Waals surface area contributed by atoms with Crippen molar-refractivity contribution in [1.29, 1.82) is 0 Å². The molecule has 148 valence electrons. The van der Waals surface area contributed by atoms with Crippen molar-refractivity contribution in [3.8, 4) is 16.9 Å². The van der Waals surface area contributed by atoms with Crippen LogP contribution in [-0.2, 0) is 0 Å². The Morgan fingerprint density at radius 1 is 1.11 bits per heavy atom. The van der Waals surface area contributed by atoms with Gasteiger partial charge in [0.15, 0.2) is 11.6 Å². The molecule has 1 fully saturated rings. The summed E-state index contributed by atoms with van der Waals surface area (Å²) in [6.45, 7) is 8.30. The third-order valence-corrected chi connectivity index (χ3v) is 6.06. The molecule has 0 radical (unpaired) electrons. The maximum atomic E-state index is 14.7.